The number of nitrogens with zero attached hydrogens (tertiary/aromatic N) is 1. The third-order valence-electron chi connectivity index (χ3n) is 8.52. The summed E-state index contributed by atoms with van der Waals surface area (Å²) in [6.45, 7) is 4.55. The molecule has 5 rings (SSSR count). The lowest BCUT2D eigenvalue weighted by Crippen LogP contribution is -2.61. The third-order valence-corrected chi connectivity index (χ3v) is 9.25. The van der Waals surface area contributed by atoms with Crippen molar-refractivity contribution >= 4 is 35.1 Å². The van der Waals surface area contributed by atoms with Crippen LogP contribution in [-0.4, -0.2) is 55.7 Å². The molecule has 0 radical (unpaired) electrons. The number of piperidine rings is 1. The fraction of sp³-hybridized carbons (Fsp3) is 0.533. The molecule has 4 atom stereocenters. The van der Waals surface area contributed by atoms with Gasteiger partial charge in [0.25, 0.3) is 0 Å². The molecule has 1 saturated heterocycles. The van der Waals surface area contributed by atoms with E-state index in [9.17, 15) is 9.59 Å². The highest BCUT2D eigenvalue weighted by molar-refractivity contribution is 6.42. The Hall–Kier alpha value is -2.12. The van der Waals surface area contributed by atoms with Crippen LogP contribution in [0.3, 0.4) is 0 Å². The SMILES string of the molecule is COC1C[C@H](NC(=O)Cc2ccc(Cl)c(Cl)c2)CC2(c3cccc(OC(C)=O)c3)CCN(CC3CC3)CC12. The van der Waals surface area contributed by atoms with E-state index < -0.39 is 0 Å². The van der Waals surface area contributed by atoms with Crippen molar-refractivity contribution in [1.29, 1.82) is 0 Å². The minimum atomic E-state index is -0.332. The first kappa shape index (κ1) is 27.4. The van der Waals surface area contributed by atoms with Gasteiger partial charge in [-0.1, -0.05) is 41.4 Å². The monoisotopic (exact) mass is 558 g/mol. The van der Waals surface area contributed by atoms with Gasteiger partial charge in [0.05, 0.1) is 22.6 Å². The summed E-state index contributed by atoms with van der Waals surface area (Å²) in [5.74, 6) is 1.28. The number of likely N-dealkylation sites (tertiary alicyclic amines) is 1. The summed E-state index contributed by atoms with van der Waals surface area (Å²) in [7, 11) is 1.78. The van der Waals surface area contributed by atoms with E-state index in [2.05, 4.69) is 16.3 Å². The van der Waals surface area contributed by atoms with Crippen molar-refractivity contribution in [1.82, 2.24) is 10.2 Å². The molecule has 3 aliphatic rings. The molecular formula is C30H36Cl2N2O4. The summed E-state index contributed by atoms with van der Waals surface area (Å²) >= 11 is 12.2. The highest BCUT2D eigenvalue weighted by atomic mass is 35.5. The average molecular weight is 560 g/mol. The lowest BCUT2D eigenvalue weighted by Gasteiger charge is -2.55. The lowest BCUT2D eigenvalue weighted by atomic mass is 9.57. The number of fused-ring (bicyclic) bond motifs is 1. The second kappa shape index (κ2) is 11.5. The highest BCUT2D eigenvalue weighted by Crippen LogP contribution is 2.51. The van der Waals surface area contributed by atoms with Crippen molar-refractivity contribution in [3.8, 4) is 5.75 Å². The standard InChI is InChI=1S/C30H36Cl2N2O4/c1-19(35)38-24-5-3-4-22(14-24)30-10-11-34(17-20-6-7-20)18-25(30)28(37-2)15-23(16-30)33-29(36)13-21-8-9-26(31)27(32)12-21/h3-5,8-9,12,14,20,23,25,28H,6-7,10-11,13,15-18H2,1-2H3,(H,33,36)/t23-,25?,28?,30?/m0/s1. The van der Waals surface area contributed by atoms with Gasteiger partial charge < -0.3 is 19.7 Å². The fourth-order valence-electron chi connectivity index (χ4n) is 6.61. The van der Waals surface area contributed by atoms with Crippen LogP contribution in [0.2, 0.25) is 10.0 Å². The molecule has 2 aromatic rings. The van der Waals surface area contributed by atoms with Gasteiger partial charge in [0.1, 0.15) is 5.75 Å². The number of hydrogen-bond acceptors (Lipinski definition) is 5. The second-order valence-electron chi connectivity index (χ2n) is 11.2. The zero-order valence-corrected chi connectivity index (χ0v) is 23.6. The van der Waals surface area contributed by atoms with E-state index in [4.69, 9.17) is 32.7 Å². The Balaban J connectivity index is 1.40. The normalized spacial score (nSPS) is 27.4. The number of hydrogen-bond donors (Lipinski definition) is 1. The van der Waals surface area contributed by atoms with E-state index in [1.807, 2.05) is 24.3 Å². The molecule has 0 spiro atoms. The molecule has 6 nitrogen and oxygen atoms in total. The van der Waals surface area contributed by atoms with Gasteiger partial charge in [-0.2, -0.15) is 0 Å². The Bertz CT molecular complexity index is 1190. The van der Waals surface area contributed by atoms with E-state index in [0.717, 1.165) is 55.9 Å². The Labute approximate surface area is 235 Å². The molecule has 1 N–H and O–H groups in total. The van der Waals surface area contributed by atoms with Gasteiger partial charge in [-0.3, -0.25) is 9.59 Å². The van der Waals surface area contributed by atoms with Crippen molar-refractivity contribution in [2.45, 2.75) is 63.0 Å². The summed E-state index contributed by atoms with van der Waals surface area (Å²) in [6, 6.07) is 13.2. The molecular weight excluding hydrogens is 523 g/mol. The summed E-state index contributed by atoms with van der Waals surface area (Å²) in [6.07, 6.45) is 5.43. The molecule has 0 aromatic heterocycles. The number of benzene rings is 2. The van der Waals surface area contributed by atoms with Crippen LogP contribution in [0.4, 0.5) is 0 Å². The molecule has 0 bridgehead atoms. The van der Waals surface area contributed by atoms with Crippen LogP contribution in [0, 0.1) is 11.8 Å². The van der Waals surface area contributed by atoms with E-state index in [1.165, 1.54) is 19.8 Å². The summed E-state index contributed by atoms with van der Waals surface area (Å²) in [5, 5.41) is 4.22. The van der Waals surface area contributed by atoms with Crippen LogP contribution in [0.25, 0.3) is 0 Å². The maximum atomic E-state index is 13.1. The van der Waals surface area contributed by atoms with Crippen molar-refractivity contribution < 1.29 is 19.1 Å². The molecule has 2 aromatic carbocycles. The minimum absolute atomic E-state index is 0.00147. The second-order valence-corrected chi connectivity index (χ2v) is 12.1. The van der Waals surface area contributed by atoms with Crippen LogP contribution >= 0.6 is 23.2 Å². The third kappa shape index (κ3) is 6.20. The molecule has 204 valence electrons. The molecule has 8 heteroatoms. The number of carbonyl (C=O) groups excluding carboxylic acids is 2. The van der Waals surface area contributed by atoms with E-state index in [-0.39, 0.29) is 41.8 Å². The van der Waals surface area contributed by atoms with E-state index in [0.29, 0.717) is 15.8 Å². The highest BCUT2D eigenvalue weighted by Gasteiger charge is 2.53. The summed E-state index contributed by atoms with van der Waals surface area (Å²) < 4.78 is 11.6. The van der Waals surface area contributed by atoms with Gasteiger partial charge in [-0.15, -0.1) is 0 Å². The Morgan fingerprint density at radius 2 is 1.95 bits per heavy atom. The van der Waals surface area contributed by atoms with Gasteiger partial charge in [0.2, 0.25) is 5.91 Å². The Kier molecular flexibility index (Phi) is 8.34. The number of nitrogens with one attached hydrogen (secondary N) is 1. The maximum absolute atomic E-state index is 13.1. The summed E-state index contributed by atoms with van der Waals surface area (Å²) in [4.78, 5) is 27.4. The van der Waals surface area contributed by atoms with Gasteiger partial charge >= 0.3 is 5.97 Å². The van der Waals surface area contributed by atoms with E-state index in [1.54, 1.807) is 19.2 Å². The summed E-state index contributed by atoms with van der Waals surface area (Å²) in [5.41, 5.74) is 1.78. The first-order valence-corrected chi connectivity index (χ1v) is 14.3. The number of methoxy groups -OCH3 is 1. The largest absolute Gasteiger partial charge is 0.427 e. The molecule has 2 aliphatic carbocycles. The Morgan fingerprint density at radius 1 is 1.13 bits per heavy atom. The van der Waals surface area contributed by atoms with E-state index >= 15 is 0 Å². The van der Waals surface area contributed by atoms with Crippen molar-refractivity contribution in [3.05, 3.63) is 63.6 Å². The minimum Gasteiger partial charge on any atom is -0.427 e. The van der Waals surface area contributed by atoms with Crippen LogP contribution in [0.5, 0.6) is 5.75 Å². The molecule has 3 unspecified atom stereocenters. The van der Waals surface area contributed by atoms with Crippen LogP contribution in [0.15, 0.2) is 42.5 Å². The molecule has 3 fully saturated rings. The quantitative estimate of drug-likeness (QED) is 0.346. The zero-order chi connectivity index (χ0) is 26.9. The average Bonchev–Trinajstić information content (AvgIpc) is 3.70. The first-order chi connectivity index (χ1) is 18.3. The predicted molar refractivity (Wildman–Crippen MR) is 149 cm³/mol. The number of rotatable bonds is 8. The van der Waals surface area contributed by atoms with Gasteiger partial charge in [-0.25, -0.2) is 0 Å². The maximum Gasteiger partial charge on any atom is 0.308 e. The van der Waals surface area contributed by atoms with Crippen molar-refractivity contribution in [3.63, 3.8) is 0 Å². The molecule has 1 heterocycles. The van der Waals surface area contributed by atoms with Gasteiger partial charge in [0, 0.05) is 44.5 Å². The first-order valence-electron chi connectivity index (χ1n) is 13.5. The van der Waals surface area contributed by atoms with Crippen LogP contribution < -0.4 is 10.1 Å². The zero-order valence-electron chi connectivity index (χ0n) is 22.1. The smallest absolute Gasteiger partial charge is 0.308 e. The van der Waals surface area contributed by atoms with Crippen LogP contribution in [0.1, 0.15) is 50.2 Å². The number of carbonyl (C=O) groups is 2. The van der Waals surface area contributed by atoms with Gasteiger partial charge in [-0.05, 0) is 80.0 Å². The number of halogens is 2. The van der Waals surface area contributed by atoms with Crippen LogP contribution in [-0.2, 0) is 26.2 Å². The molecule has 2 saturated carbocycles. The number of esters is 1. The lowest BCUT2D eigenvalue weighted by molar-refractivity contribution is -0.132. The number of ether oxygens (including phenoxy) is 2. The molecule has 38 heavy (non-hydrogen) atoms. The molecule has 1 aliphatic heterocycles. The molecule has 1 amide bonds. The fourth-order valence-corrected chi connectivity index (χ4v) is 6.93. The Morgan fingerprint density at radius 3 is 2.66 bits per heavy atom. The predicted octanol–water partition coefficient (Wildman–Crippen LogP) is 5.42. The van der Waals surface area contributed by atoms with Gasteiger partial charge in [0.15, 0.2) is 0 Å². The number of amides is 1. The van der Waals surface area contributed by atoms with Crippen molar-refractivity contribution in [2.75, 3.05) is 26.7 Å². The topological polar surface area (TPSA) is 67.9 Å². The van der Waals surface area contributed by atoms with Crippen molar-refractivity contribution in [2.24, 2.45) is 11.8 Å².